The second-order valence-electron chi connectivity index (χ2n) is 7.14. The number of unbranched alkanes of at least 4 members (excludes halogenated alkanes) is 1. The molecule has 0 saturated carbocycles. The highest BCUT2D eigenvalue weighted by atomic mass is 35.5. The van der Waals surface area contributed by atoms with Crippen LogP contribution in [0.2, 0.25) is 5.02 Å². The van der Waals surface area contributed by atoms with Gasteiger partial charge < -0.3 is 15.2 Å². The number of anilines is 1. The van der Waals surface area contributed by atoms with Crippen LogP contribution >= 0.6 is 22.9 Å². The van der Waals surface area contributed by atoms with Crippen LogP contribution in [0.1, 0.15) is 32.4 Å². The Balaban J connectivity index is 1.84. The standard InChI is InChI=1S/C21H24ClFN4O2S/c1-12(2)24-19-9-14(8-13(3)25-19)20-26-27-21(30-20)15-10-17(23)18(11-16(15)22)29-7-5-4-6-28/h8-12,28H,4-7H2,1-3H3,(H,24,25). The summed E-state index contributed by atoms with van der Waals surface area (Å²) in [6.45, 7) is 6.40. The van der Waals surface area contributed by atoms with Gasteiger partial charge in [0.2, 0.25) is 0 Å². The topological polar surface area (TPSA) is 80.2 Å². The average Bonchev–Trinajstić information content (AvgIpc) is 3.16. The first-order valence-corrected chi connectivity index (χ1v) is 10.9. The molecule has 0 aliphatic carbocycles. The molecule has 6 nitrogen and oxygen atoms in total. The molecule has 0 radical (unpaired) electrons. The van der Waals surface area contributed by atoms with Gasteiger partial charge in [-0.2, -0.15) is 0 Å². The SMILES string of the molecule is Cc1cc(-c2nnc(-c3cc(F)c(OCCCCO)cc3Cl)s2)cc(NC(C)C)n1. The number of ether oxygens (including phenoxy) is 1. The Morgan fingerprint density at radius 3 is 2.67 bits per heavy atom. The maximum Gasteiger partial charge on any atom is 0.165 e. The minimum atomic E-state index is -0.515. The number of aliphatic hydroxyl groups is 1. The van der Waals surface area contributed by atoms with Crippen molar-refractivity contribution >= 4 is 28.8 Å². The molecule has 3 rings (SSSR count). The predicted molar refractivity (Wildman–Crippen MR) is 119 cm³/mol. The van der Waals surface area contributed by atoms with Crippen molar-refractivity contribution in [2.75, 3.05) is 18.5 Å². The third-order valence-corrected chi connectivity index (χ3v) is 5.44. The normalized spacial score (nSPS) is 11.2. The van der Waals surface area contributed by atoms with Gasteiger partial charge in [0.25, 0.3) is 0 Å². The van der Waals surface area contributed by atoms with Crippen LogP contribution in [0, 0.1) is 12.7 Å². The first-order chi connectivity index (χ1) is 14.4. The Labute approximate surface area is 184 Å². The quantitative estimate of drug-likeness (QED) is 0.428. The molecule has 9 heteroatoms. The third kappa shape index (κ3) is 5.65. The minimum Gasteiger partial charge on any atom is -0.490 e. The van der Waals surface area contributed by atoms with Gasteiger partial charge in [0.15, 0.2) is 11.6 Å². The van der Waals surface area contributed by atoms with Crippen LogP contribution in [0.15, 0.2) is 24.3 Å². The number of pyridine rings is 1. The summed E-state index contributed by atoms with van der Waals surface area (Å²) in [6, 6.07) is 6.87. The first kappa shape index (κ1) is 22.4. The van der Waals surface area contributed by atoms with Gasteiger partial charge in [0, 0.05) is 35.5 Å². The first-order valence-electron chi connectivity index (χ1n) is 9.69. The smallest absolute Gasteiger partial charge is 0.165 e. The van der Waals surface area contributed by atoms with Crippen molar-refractivity contribution in [3.63, 3.8) is 0 Å². The Morgan fingerprint density at radius 2 is 1.93 bits per heavy atom. The van der Waals surface area contributed by atoms with E-state index in [1.165, 1.54) is 23.5 Å². The largest absolute Gasteiger partial charge is 0.490 e. The number of aromatic nitrogens is 3. The zero-order valence-corrected chi connectivity index (χ0v) is 18.6. The monoisotopic (exact) mass is 450 g/mol. The van der Waals surface area contributed by atoms with Crippen molar-refractivity contribution in [1.82, 2.24) is 15.2 Å². The molecule has 2 heterocycles. The Kier molecular flexibility index (Phi) is 7.58. The molecule has 2 aromatic heterocycles. The average molecular weight is 451 g/mol. The second kappa shape index (κ2) is 10.1. The van der Waals surface area contributed by atoms with E-state index in [9.17, 15) is 4.39 Å². The lowest BCUT2D eigenvalue weighted by molar-refractivity contribution is 0.248. The number of nitrogens with one attached hydrogen (secondary N) is 1. The number of hydrogen-bond donors (Lipinski definition) is 2. The third-order valence-electron chi connectivity index (χ3n) is 4.12. The number of halogens is 2. The van der Waals surface area contributed by atoms with Gasteiger partial charge in [0.05, 0.1) is 11.6 Å². The minimum absolute atomic E-state index is 0.0803. The van der Waals surface area contributed by atoms with Crippen molar-refractivity contribution in [2.24, 2.45) is 0 Å². The van der Waals surface area contributed by atoms with Crippen molar-refractivity contribution in [3.05, 3.63) is 40.8 Å². The highest BCUT2D eigenvalue weighted by Gasteiger charge is 2.17. The summed E-state index contributed by atoms with van der Waals surface area (Å²) in [5.41, 5.74) is 2.21. The molecule has 160 valence electrons. The van der Waals surface area contributed by atoms with Gasteiger partial charge in [0.1, 0.15) is 15.8 Å². The predicted octanol–water partition coefficient (Wildman–Crippen LogP) is 5.34. The van der Waals surface area contributed by atoms with E-state index in [1.54, 1.807) is 0 Å². The van der Waals surface area contributed by atoms with Gasteiger partial charge in [-0.25, -0.2) is 9.37 Å². The summed E-state index contributed by atoms with van der Waals surface area (Å²) < 4.78 is 19.9. The van der Waals surface area contributed by atoms with E-state index in [0.29, 0.717) is 40.0 Å². The van der Waals surface area contributed by atoms with E-state index in [1.807, 2.05) is 32.9 Å². The molecule has 1 aromatic carbocycles. The number of aryl methyl sites for hydroxylation is 1. The molecule has 3 aromatic rings. The fourth-order valence-corrected chi connectivity index (χ4v) is 3.97. The summed E-state index contributed by atoms with van der Waals surface area (Å²) in [7, 11) is 0. The van der Waals surface area contributed by atoms with Crippen LogP contribution < -0.4 is 10.1 Å². The zero-order chi connectivity index (χ0) is 21.7. The molecule has 30 heavy (non-hydrogen) atoms. The Morgan fingerprint density at radius 1 is 1.17 bits per heavy atom. The van der Waals surface area contributed by atoms with Gasteiger partial charge in [-0.05, 0) is 51.8 Å². The van der Waals surface area contributed by atoms with E-state index in [2.05, 4.69) is 20.5 Å². The number of hydrogen-bond acceptors (Lipinski definition) is 7. The van der Waals surface area contributed by atoms with Gasteiger partial charge in [-0.15, -0.1) is 10.2 Å². The Bertz CT molecular complexity index is 1010. The van der Waals surface area contributed by atoms with Gasteiger partial charge in [-0.1, -0.05) is 22.9 Å². The fourth-order valence-electron chi connectivity index (χ4n) is 2.81. The van der Waals surface area contributed by atoms with Crippen LogP contribution in [0.3, 0.4) is 0 Å². The van der Waals surface area contributed by atoms with Crippen molar-refractivity contribution < 1.29 is 14.2 Å². The molecule has 0 spiro atoms. The van der Waals surface area contributed by atoms with E-state index in [4.69, 9.17) is 21.4 Å². The molecule has 2 N–H and O–H groups in total. The lowest BCUT2D eigenvalue weighted by Gasteiger charge is -2.10. The van der Waals surface area contributed by atoms with Crippen LogP contribution in [0.5, 0.6) is 5.75 Å². The maximum atomic E-state index is 14.5. The van der Waals surface area contributed by atoms with Crippen LogP contribution in [-0.4, -0.2) is 39.5 Å². The molecule has 0 unspecified atom stereocenters. The lowest BCUT2D eigenvalue weighted by atomic mass is 10.2. The van der Waals surface area contributed by atoms with Gasteiger partial charge in [-0.3, -0.25) is 0 Å². The van der Waals surface area contributed by atoms with E-state index >= 15 is 0 Å². The van der Waals surface area contributed by atoms with Crippen molar-refractivity contribution in [2.45, 2.75) is 39.7 Å². The van der Waals surface area contributed by atoms with Crippen LogP contribution in [-0.2, 0) is 0 Å². The molecule has 0 saturated heterocycles. The summed E-state index contributed by atoms with van der Waals surface area (Å²) in [5.74, 6) is 0.336. The number of nitrogens with zero attached hydrogens (tertiary/aromatic N) is 3. The summed E-state index contributed by atoms with van der Waals surface area (Å²) in [4.78, 5) is 4.48. The second-order valence-corrected chi connectivity index (χ2v) is 8.52. The van der Waals surface area contributed by atoms with Crippen molar-refractivity contribution in [3.8, 4) is 26.9 Å². The molecule has 0 aliphatic heterocycles. The van der Waals surface area contributed by atoms with E-state index in [-0.39, 0.29) is 18.4 Å². The lowest BCUT2D eigenvalue weighted by Crippen LogP contribution is -2.11. The number of benzene rings is 1. The molecule has 0 fully saturated rings. The van der Waals surface area contributed by atoms with E-state index in [0.717, 1.165) is 17.1 Å². The summed E-state index contributed by atoms with van der Waals surface area (Å²) in [5, 5.41) is 22.1. The van der Waals surface area contributed by atoms with Crippen LogP contribution in [0.25, 0.3) is 21.1 Å². The molecule has 0 bridgehead atoms. The molecule has 0 amide bonds. The molecular formula is C21H24ClFN4O2S. The highest BCUT2D eigenvalue weighted by molar-refractivity contribution is 7.18. The van der Waals surface area contributed by atoms with Crippen LogP contribution in [0.4, 0.5) is 10.2 Å². The maximum absolute atomic E-state index is 14.5. The summed E-state index contributed by atoms with van der Waals surface area (Å²) >= 11 is 7.70. The fraction of sp³-hybridized carbons (Fsp3) is 0.381. The number of aliphatic hydroxyl groups excluding tert-OH is 1. The van der Waals surface area contributed by atoms with Gasteiger partial charge >= 0.3 is 0 Å². The zero-order valence-electron chi connectivity index (χ0n) is 17.1. The Hall–Kier alpha value is -2.29. The van der Waals surface area contributed by atoms with Crippen molar-refractivity contribution in [1.29, 1.82) is 0 Å². The number of rotatable bonds is 9. The molecule has 0 atom stereocenters. The van der Waals surface area contributed by atoms with E-state index < -0.39 is 5.82 Å². The highest BCUT2D eigenvalue weighted by Crippen LogP contribution is 2.37. The summed E-state index contributed by atoms with van der Waals surface area (Å²) in [6.07, 6.45) is 1.23. The molecular weight excluding hydrogens is 427 g/mol. The molecule has 0 aliphatic rings.